The van der Waals surface area contributed by atoms with E-state index in [-0.39, 0.29) is 5.91 Å². The molecule has 2 aliphatic rings. The molecule has 0 bridgehead atoms. The summed E-state index contributed by atoms with van der Waals surface area (Å²) in [7, 11) is 0. The molecule has 1 aromatic heterocycles. The van der Waals surface area contributed by atoms with Crippen LogP contribution in [0.15, 0.2) is 76.3 Å². The second kappa shape index (κ2) is 9.26. The summed E-state index contributed by atoms with van der Waals surface area (Å²) in [5.74, 6) is 1.70. The smallest absolute Gasteiger partial charge is 0.259 e. The predicted octanol–water partition coefficient (Wildman–Crippen LogP) is 5.66. The van der Waals surface area contributed by atoms with E-state index < -0.39 is 6.04 Å². The van der Waals surface area contributed by atoms with Gasteiger partial charge in [0, 0.05) is 12.5 Å². The molecule has 33 heavy (non-hydrogen) atoms. The summed E-state index contributed by atoms with van der Waals surface area (Å²) in [6, 6.07) is 20.3. The van der Waals surface area contributed by atoms with E-state index in [1.807, 2.05) is 35.2 Å². The Kier molecular flexibility index (Phi) is 6.03. The van der Waals surface area contributed by atoms with Crippen LogP contribution in [0.2, 0.25) is 0 Å². The van der Waals surface area contributed by atoms with E-state index in [2.05, 4.69) is 49.1 Å². The first-order valence-corrected chi connectivity index (χ1v) is 11.9. The number of guanidine groups is 1. The number of rotatable bonds is 6. The third kappa shape index (κ3) is 4.45. The van der Waals surface area contributed by atoms with Crippen molar-refractivity contribution in [1.29, 1.82) is 0 Å². The number of carbonyl (C=O) groups excluding carboxylic acids is 1. The normalized spacial score (nSPS) is 18.7. The number of anilines is 1. The first-order valence-electron chi connectivity index (χ1n) is 11.9. The van der Waals surface area contributed by atoms with Gasteiger partial charge < -0.3 is 9.32 Å². The van der Waals surface area contributed by atoms with Crippen LogP contribution < -0.4 is 4.90 Å². The van der Waals surface area contributed by atoms with Gasteiger partial charge in [0.15, 0.2) is 0 Å². The minimum atomic E-state index is -0.427. The Hall–Kier alpha value is -3.34. The van der Waals surface area contributed by atoms with Gasteiger partial charge in [-0.2, -0.15) is 0 Å². The molecule has 2 heterocycles. The van der Waals surface area contributed by atoms with Crippen LogP contribution in [0.3, 0.4) is 0 Å². The number of nitrogens with zero attached hydrogens (tertiary/aromatic N) is 3. The van der Waals surface area contributed by atoms with E-state index in [4.69, 9.17) is 9.41 Å². The Morgan fingerprint density at radius 1 is 1.03 bits per heavy atom. The number of hydrogen-bond acceptors (Lipinski definition) is 4. The van der Waals surface area contributed by atoms with Gasteiger partial charge in [-0.05, 0) is 56.0 Å². The zero-order valence-corrected chi connectivity index (χ0v) is 19.4. The fourth-order valence-corrected chi connectivity index (χ4v) is 5.11. The van der Waals surface area contributed by atoms with Crippen molar-refractivity contribution in [2.45, 2.75) is 64.6 Å². The molecule has 0 N–H and O–H groups in total. The van der Waals surface area contributed by atoms with Crippen LogP contribution >= 0.6 is 0 Å². The van der Waals surface area contributed by atoms with Crippen LogP contribution in [0.5, 0.6) is 0 Å². The average molecular weight is 442 g/mol. The van der Waals surface area contributed by atoms with Gasteiger partial charge in [-0.15, -0.1) is 0 Å². The fourth-order valence-electron chi connectivity index (χ4n) is 5.11. The lowest BCUT2D eigenvalue weighted by molar-refractivity contribution is -0.118. The second-order valence-corrected chi connectivity index (χ2v) is 9.24. The fraction of sp³-hybridized carbons (Fsp3) is 0.357. The Morgan fingerprint density at radius 2 is 1.82 bits per heavy atom. The summed E-state index contributed by atoms with van der Waals surface area (Å²) in [5.41, 5.74) is 4.31. The van der Waals surface area contributed by atoms with Gasteiger partial charge in [-0.25, -0.2) is 9.89 Å². The SMILES string of the molecule is Cc1ccc(N2C(=O)C(Cc3ccccc3)N=C2N(Cc2ccco2)C2CCCC2)c(C)c1. The quantitative estimate of drug-likeness (QED) is 0.496. The molecule has 1 aliphatic carbocycles. The zero-order chi connectivity index (χ0) is 22.8. The van der Waals surface area contributed by atoms with Crippen LogP contribution in [0, 0.1) is 13.8 Å². The molecule has 1 fully saturated rings. The van der Waals surface area contributed by atoms with Crippen molar-refractivity contribution < 1.29 is 9.21 Å². The zero-order valence-electron chi connectivity index (χ0n) is 19.4. The lowest BCUT2D eigenvalue weighted by Gasteiger charge is -2.34. The summed E-state index contributed by atoms with van der Waals surface area (Å²) < 4.78 is 5.71. The van der Waals surface area contributed by atoms with Gasteiger partial charge in [-0.1, -0.05) is 60.9 Å². The van der Waals surface area contributed by atoms with Gasteiger partial charge in [0.2, 0.25) is 5.96 Å². The standard InChI is InChI=1S/C28H31N3O2/c1-20-14-15-26(21(2)17-20)31-27(32)25(18-22-9-4-3-5-10-22)29-28(31)30(23-11-6-7-12-23)19-24-13-8-16-33-24/h3-5,8-10,13-17,23,25H,6-7,11-12,18-19H2,1-2H3. The van der Waals surface area contributed by atoms with Crippen molar-refractivity contribution in [2.75, 3.05) is 4.90 Å². The molecular formula is C28H31N3O2. The highest BCUT2D eigenvalue weighted by Crippen LogP contribution is 2.33. The Bertz CT molecular complexity index is 1130. The number of carbonyl (C=O) groups is 1. The predicted molar refractivity (Wildman–Crippen MR) is 131 cm³/mol. The molecule has 0 radical (unpaired) electrons. The Balaban J connectivity index is 1.56. The molecule has 3 aromatic rings. The third-order valence-electron chi connectivity index (χ3n) is 6.77. The van der Waals surface area contributed by atoms with Gasteiger partial charge >= 0.3 is 0 Å². The van der Waals surface area contributed by atoms with Crippen LogP contribution in [0.25, 0.3) is 0 Å². The highest BCUT2D eigenvalue weighted by molar-refractivity contribution is 6.22. The van der Waals surface area contributed by atoms with Gasteiger partial charge in [0.05, 0.1) is 18.5 Å². The molecular weight excluding hydrogens is 410 g/mol. The molecule has 5 heteroatoms. The summed E-state index contributed by atoms with van der Waals surface area (Å²) in [4.78, 5) is 23.1. The molecule has 170 valence electrons. The van der Waals surface area contributed by atoms with Crippen LogP contribution in [-0.2, 0) is 17.8 Å². The molecule has 1 aliphatic heterocycles. The Labute approximate surface area is 195 Å². The monoisotopic (exact) mass is 441 g/mol. The lowest BCUT2D eigenvalue weighted by Crippen LogP contribution is -2.48. The Morgan fingerprint density at radius 3 is 2.52 bits per heavy atom. The number of benzene rings is 2. The number of hydrogen-bond donors (Lipinski definition) is 0. The lowest BCUT2D eigenvalue weighted by atomic mass is 10.1. The van der Waals surface area contributed by atoms with E-state index in [0.717, 1.165) is 41.4 Å². The molecule has 5 nitrogen and oxygen atoms in total. The summed E-state index contributed by atoms with van der Waals surface area (Å²) in [6.07, 6.45) is 6.94. The maximum absolute atomic E-state index is 13.8. The number of amides is 1. The van der Waals surface area contributed by atoms with E-state index in [1.165, 1.54) is 18.4 Å². The minimum Gasteiger partial charge on any atom is -0.467 e. The van der Waals surface area contributed by atoms with Gasteiger partial charge in [0.1, 0.15) is 11.8 Å². The highest BCUT2D eigenvalue weighted by atomic mass is 16.3. The molecule has 5 rings (SSSR count). The minimum absolute atomic E-state index is 0.0447. The van der Waals surface area contributed by atoms with Crippen molar-refractivity contribution in [3.05, 3.63) is 89.4 Å². The highest BCUT2D eigenvalue weighted by Gasteiger charge is 2.41. The molecule has 0 spiro atoms. The van der Waals surface area contributed by atoms with Crippen LogP contribution in [0.1, 0.15) is 48.1 Å². The first-order chi connectivity index (χ1) is 16.1. The van der Waals surface area contributed by atoms with E-state index in [0.29, 0.717) is 19.0 Å². The van der Waals surface area contributed by atoms with Crippen molar-refractivity contribution in [2.24, 2.45) is 4.99 Å². The van der Waals surface area contributed by atoms with Crippen LogP contribution in [0.4, 0.5) is 5.69 Å². The number of furan rings is 1. The topological polar surface area (TPSA) is 49.1 Å². The van der Waals surface area contributed by atoms with Crippen molar-refractivity contribution >= 4 is 17.6 Å². The molecule has 1 saturated carbocycles. The number of aryl methyl sites for hydroxylation is 2. The van der Waals surface area contributed by atoms with E-state index in [1.54, 1.807) is 6.26 Å². The van der Waals surface area contributed by atoms with Crippen molar-refractivity contribution in [1.82, 2.24) is 4.90 Å². The number of aliphatic imine (C=N–C) groups is 1. The van der Waals surface area contributed by atoms with Gasteiger partial charge in [0.25, 0.3) is 5.91 Å². The molecule has 1 amide bonds. The largest absolute Gasteiger partial charge is 0.467 e. The molecule has 2 aromatic carbocycles. The molecule has 1 atom stereocenters. The molecule has 1 unspecified atom stereocenters. The molecule has 0 saturated heterocycles. The average Bonchev–Trinajstić information content (AvgIpc) is 3.57. The summed E-state index contributed by atoms with van der Waals surface area (Å²) in [6.45, 7) is 4.77. The first kappa shape index (κ1) is 21.5. The third-order valence-corrected chi connectivity index (χ3v) is 6.77. The van der Waals surface area contributed by atoms with Crippen LogP contribution in [-0.4, -0.2) is 28.9 Å². The summed E-state index contributed by atoms with van der Waals surface area (Å²) >= 11 is 0. The van der Waals surface area contributed by atoms with E-state index >= 15 is 0 Å². The maximum atomic E-state index is 13.8. The van der Waals surface area contributed by atoms with Crippen molar-refractivity contribution in [3.63, 3.8) is 0 Å². The summed E-state index contributed by atoms with van der Waals surface area (Å²) in [5, 5.41) is 0. The second-order valence-electron chi connectivity index (χ2n) is 9.24. The van der Waals surface area contributed by atoms with E-state index in [9.17, 15) is 4.79 Å². The van der Waals surface area contributed by atoms with Crippen molar-refractivity contribution in [3.8, 4) is 0 Å². The van der Waals surface area contributed by atoms with Gasteiger partial charge in [-0.3, -0.25) is 4.79 Å². The maximum Gasteiger partial charge on any atom is 0.259 e.